The Labute approximate surface area is 241 Å². The zero-order valence-electron chi connectivity index (χ0n) is 22.8. The third kappa shape index (κ3) is 7.11. The largest absolute Gasteiger partial charge is 0.508 e. The molecule has 2 heterocycles. The third-order valence-corrected chi connectivity index (χ3v) is 7.39. The van der Waals surface area contributed by atoms with E-state index in [1.807, 2.05) is 0 Å². The molecule has 11 heteroatoms. The van der Waals surface area contributed by atoms with Gasteiger partial charge in [-0.25, -0.2) is 13.6 Å². The minimum atomic E-state index is -1.22. The predicted octanol–water partition coefficient (Wildman–Crippen LogP) is 4.47. The van der Waals surface area contributed by atoms with Crippen molar-refractivity contribution < 1.29 is 48.3 Å². The Kier molecular flexibility index (Phi) is 10.2. The standard InChI is InChI=1S/C30H29F2NO7.CH4O/c31-19-5-1-17(2-6-19)25(39-27-16-23(35)15-26(40-27)30(37)38)14-13-24-28(18-3-11-22(34)12-4-18)33(29(24)36)21-9-7-20(32)8-10-21;1-2/h1-12,23-28,34-35H,13-16H2,(H,37,38);2H,1H3/t23?,24?,25-,26?,27+,28?;/m0./s1. The first-order chi connectivity index (χ1) is 20.2. The van der Waals surface area contributed by atoms with Crippen LogP contribution in [0.2, 0.25) is 0 Å². The van der Waals surface area contributed by atoms with Crippen LogP contribution in [0.4, 0.5) is 14.5 Å². The van der Waals surface area contributed by atoms with Crippen LogP contribution in [0.3, 0.4) is 0 Å². The molecule has 0 aliphatic carbocycles. The van der Waals surface area contributed by atoms with Gasteiger partial charge in [-0.05, 0) is 72.5 Å². The molecule has 4 N–H and O–H groups in total. The number of carbonyl (C=O) groups is 2. The lowest BCUT2D eigenvalue weighted by Gasteiger charge is -2.48. The van der Waals surface area contributed by atoms with Gasteiger partial charge in [0.2, 0.25) is 5.91 Å². The lowest BCUT2D eigenvalue weighted by atomic mass is 9.78. The number of carboxylic acids is 1. The number of β-lactam (4-membered cyclic amide) rings is 1. The molecular formula is C31H33F2NO8. The highest BCUT2D eigenvalue weighted by molar-refractivity contribution is 6.03. The van der Waals surface area contributed by atoms with E-state index in [4.69, 9.17) is 14.6 Å². The number of nitrogens with zero attached hydrogens (tertiary/aromatic N) is 1. The van der Waals surface area contributed by atoms with Crippen LogP contribution in [0.1, 0.15) is 49.0 Å². The average molecular weight is 586 g/mol. The Hall–Kier alpha value is -3.90. The molecule has 0 saturated carbocycles. The number of ether oxygens (including phenoxy) is 2. The summed E-state index contributed by atoms with van der Waals surface area (Å²) in [6, 6.07) is 17.4. The number of phenols is 1. The maximum Gasteiger partial charge on any atom is 0.333 e. The predicted molar refractivity (Wildman–Crippen MR) is 147 cm³/mol. The number of aromatic hydroxyl groups is 1. The van der Waals surface area contributed by atoms with Gasteiger partial charge in [-0.15, -0.1) is 0 Å². The quantitative estimate of drug-likeness (QED) is 0.270. The van der Waals surface area contributed by atoms with Gasteiger partial charge in [0.1, 0.15) is 17.4 Å². The molecule has 2 aliphatic heterocycles. The fraction of sp³-hybridized carbons (Fsp3) is 0.355. The fourth-order valence-corrected chi connectivity index (χ4v) is 5.38. The Bertz CT molecular complexity index is 1340. The van der Waals surface area contributed by atoms with E-state index in [1.54, 1.807) is 29.2 Å². The Balaban J connectivity index is 0.00000198. The molecule has 0 spiro atoms. The second kappa shape index (κ2) is 13.8. The van der Waals surface area contributed by atoms with Crippen LogP contribution in [-0.4, -0.2) is 57.9 Å². The number of hydrogen-bond acceptors (Lipinski definition) is 7. The summed E-state index contributed by atoms with van der Waals surface area (Å²) in [6.45, 7) is 0. The van der Waals surface area contributed by atoms with Crippen LogP contribution in [0.5, 0.6) is 5.75 Å². The van der Waals surface area contributed by atoms with Crippen molar-refractivity contribution in [2.75, 3.05) is 12.0 Å². The normalized spacial score (nSPS) is 24.3. The fourth-order valence-electron chi connectivity index (χ4n) is 5.38. The van der Waals surface area contributed by atoms with Crippen LogP contribution in [-0.2, 0) is 19.1 Å². The molecule has 2 saturated heterocycles. The van der Waals surface area contributed by atoms with Gasteiger partial charge in [0.15, 0.2) is 12.4 Å². The van der Waals surface area contributed by atoms with Crippen LogP contribution >= 0.6 is 0 Å². The number of carbonyl (C=O) groups excluding carboxylic acids is 1. The van der Waals surface area contributed by atoms with Crippen molar-refractivity contribution in [1.82, 2.24) is 0 Å². The van der Waals surface area contributed by atoms with Gasteiger partial charge in [-0.2, -0.15) is 0 Å². The number of anilines is 1. The molecule has 6 atom stereocenters. The van der Waals surface area contributed by atoms with Gasteiger partial charge in [-0.1, -0.05) is 24.3 Å². The number of rotatable bonds is 9. The van der Waals surface area contributed by atoms with E-state index in [2.05, 4.69) is 0 Å². The SMILES string of the molecule is CO.O=C(O)C1CC(O)C[C@H](O[C@@H](CCC2C(=O)N(c3ccc(F)cc3)C2c2ccc(O)cc2)c2ccc(F)cc2)O1. The molecule has 0 aromatic heterocycles. The molecule has 4 unspecified atom stereocenters. The minimum Gasteiger partial charge on any atom is -0.508 e. The molecule has 0 radical (unpaired) electrons. The zero-order valence-corrected chi connectivity index (χ0v) is 22.8. The maximum atomic E-state index is 13.7. The number of halogens is 2. The molecule has 224 valence electrons. The molecule has 1 amide bonds. The van der Waals surface area contributed by atoms with Crippen molar-refractivity contribution in [1.29, 1.82) is 0 Å². The summed E-state index contributed by atoms with van der Waals surface area (Å²) < 4.78 is 38.9. The molecule has 3 aromatic rings. The van der Waals surface area contributed by atoms with Gasteiger partial charge in [0.05, 0.1) is 24.2 Å². The number of phenolic OH excluding ortho intramolecular Hbond substituents is 1. The van der Waals surface area contributed by atoms with E-state index in [9.17, 15) is 33.7 Å². The number of aliphatic hydroxyl groups excluding tert-OH is 2. The number of aliphatic carboxylic acids is 1. The Morgan fingerprint density at radius 2 is 1.57 bits per heavy atom. The first kappa shape index (κ1) is 31.0. The Morgan fingerprint density at radius 1 is 0.976 bits per heavy atom. The van der Waals surface area contributed by atoms with Crippen LogP contribution in [0.15, 0.2) is 72.8 Å². The van der Waals surface area contributed by atoms with E-state index in [-0.39, 0.29) is 24.5 Å². The molecule has 9 nitrogen and oxygen atoms in total. The highest BCUT2D eigenvalue weighted by atomic mass is 19.1. The average Bonchev–Trinajstić information content (AvgIpc) is 2.98. The van der Waals surface area contributed by atoms with Gasteiger partial charge in [-0.3, -0.25) is 4.79 Å². The smallest absolute Gasteiger partial charge is 0.333 e. The minimum absolute atomic E-state index is 0.0550. The number of benzene rings is 3. The number of hydrogen-bond donors (Lipinski definition) is 4. The first-order valence-electron chi connectivity index (χ1n) is 13.5. The molecule has 2 aliphatic rings. The van der Waals surface area contributed by atoms with Gasteiger partial charge < -0.3 is 34.8 Å². The third-order valence-electron chi connectivity index (χ3n) is 7.39. The highest BCUT2D eigenvalue weighted by Crippen LogP contribution is 2.47. The van der Waals surface area contributed by atoms with Gasteiger partial charge in [0, 0.05) is 25.6 Å². The lowest BCUT2D eigenvalue weighted by molar-refractivity contribution is -0.239. The molecule has 42 heavy (non-hydrogen) atoms. The van der Waals surface area contributed by atoms with Crippen molar-refractivity contribution >= 4 is 17.6 Å². The first-order valence-corrected chi connectivity index (χ1v) is 13.5. The maximum absolute atomic E-state index is 13.7. The summed E-state index contributed by atoms with van der Waals surface area (Å²) >= 11 is 0. The summed E-state index contributed by atoms with van der Waals surface area (Å²) in [5, 5.41) is 36.3. The second-order valence-corrected chi connectivity index (χ2v) is 10.1. The van der Waals surface area contributed by atoms with Crippen molar-refractivity contribution in [3.63, 3.8) is 0 Å². The molecule has 2 fully saturated rings. The van der Waals surface area contributed by atoms with Crippen molar-refractivity contribution in [2.45, 2.75) is 56.3 Å². The van der Waals surface area contributed by atoms with Crippen LogP contribution < -0.4 is 4.90 Å². The van der Waals surface area contributed by atoms with E-state index in [1.165, 1.54) is 48.5 Å². The van der Waals surface area contributed by atoms with Crippen molar-refractivity contribution in [3.8, 4) is 5.75 Å². The summed E-state index contributed by atoms with van der Waals surface area (Å²) in [4.78, 5) is 26.5. The summed E-state index contributed by atoms with van der Waals surface area (Å²) in [7, 11) is 1.00. The topological polar surface area (TPSA) is 137 Å². The van der Waals surface area contributed by atoms with Gasteiger partial charge in [0.25, 0.3) is 0 Å². The van der Waals surface area contributed by atoms with Crippen molar-refractivity contribution in [2.24, 2.45) is 5.92 Å². The van der Waals surface area contributed by atoms with E-state index >= 15 is 0 Å². The summed E-state index contributed by atoms with van der Waals surface area (Å²) in [6.07, 6.45) is -3.18. The van der Waals surface area contributed by atoms with E-state index in [0.717, 1.165) is 12.7 Å². The van der Waals surface area contributed by atoms with Crippen molar-refractivity contribution in [3.05, 3.63) is 95.6 Å². The molecule has 5 rings (SSSR count). The molecule has 3 aromatic carbocycles. The number of carboxylic acid groups (broad SMARTS) is 1. The Morgan fingerprint density at radius 3 is 2.17 bits per heavy atom. The monoisotopic (exact) mass is 585 g/mol. The zero-order chi connectivity index (χ0) is 30.4. The van der Waals surface area contributed by atoms with E-state index in [0.29, 0.717) is 24.1 Å². The van der Waals surface area contributed by atoms with Gasteiger partial charge >= 0.3 is 5.97 Å². The molecule has 0 bridgehead atoms. The van der Waals surface area contributed by atoms with Crippen LogP contribution in [0.25, 0.3) is 0 Å². The molecular weight excluding hydrogens is 552 g/mol. The number of amides is 1. The summed E-state index contributed by atoms with van der Waals surface area (Å²) in [5.74, 6) is -2.63. The second-order valence-electron chi connectivity index (χ2n) is 10.1. The number of aliphatic hydroxyl groups is 2. The van der Waals surface area contributed by atoms with Crippen LogP contribution in [0, 0.1) is 17.6 Å². The highest BCUT2D eigenvalue weighted by Gasteiger charge is 2.48. The summed E-state index contributed by atoms with van der Waals surface area (Å²) in [5.41, 5.74) is 1.94. The van der Waals surface area contributed by atoms with E-state index < -0.39 is 54.2 Å². The lowest BCUT2D eigenvalue weighted by Crippen LogP contribution is -2.55.